The van der Waals surface area contributed by atoms with Crippen molar-refractivity contribution in [3.63, 3.8) is 0 Å². The summed E-state index contributed by atoms with van der Waals surface area (Å²) in [5.74, 6) is -0.0121. The van der Waals surface area contributed by atoms with Crippen LogP contribution in [0.15, 0.2) is 46.7 Å². The van der Waals surface area contributed by atoms with E-state index < -0.39 is 10.0 Å². The summed E-state index contributed by atoms with van der Waals surface area (Å²) in [6.07, 6.45) is 0. The third-order valence-electron chi connectivity index (χ3n) is 4.57. The average Bonchev–Trinajstić information content (AvgIpc) is 3.21. The van der Waals surface area contributed by atoms with E-state index in [4.69, 9.17) is 11.6 Å². The molecule has 1 aromatic heterocycles. The van der Waals surface area contributed by atoms with E-state index >= 15 is 0 Å². The molecule has 1 fully saturated rings. The van der Waals surface area contributed by atoms with Crippen molar-refractivity contribution in [2.24, 2.45) is 0 Å². The number of thiophene rings is 1. The number of halogens is 1. The Labute approximate surface area is 168 Å². The van der Waals surface area contributed by atoms with Gasteiger partial charge >= 0.3 is 0 Å². The molecule has 1 atom stereocenters. The van der Waals surface area contributed by atoms with E-state index in [0.29, 0.717) is 18.1 Å². The highest BCUT2D eigenvalue weighted by Gasteiger charge is 2.30. The van der Waals surface area contributed by atoms with E-state index in [1.54, 1.807) is 28.4 Å². The lowest BCUT2D eigenvalue weighted by Gasteiger charge is -2.34. The molecule has 6 nitrogen and oxygen atoms in total. The van der Waals surface area contributed by atoms with Crippen molar-refractivity contribution in [2.75, 3.05) is 32.7 Å². The minimum Gasteiger partial charge on any atom is -0.339 e. The second-order valence-electron chi connectivity index (χ2n) is 6.36. The number of hydrogen-bond donors (Lipinski definition) is 1. The molecule has 1 aliphatic rings. The van der Waals surface area contributed by atoms with Crippen LogP contribution >= 0.6 is 22.9 Å². The maximum atomic E-state index is 12.7. The minimum absolute atomic E-state index is 0.0121. The monoisotopic (exact) mass is 427 g/mol. The number of benzene rings is 1. The van der Waals surface area contributed by atoms with Crippen LogP contribution in [0.4, 0.5) is 0 Å². The Hall–Kier alpha value is -1.45. The number of nitrogens with one attached hydrogen (secondary N) is 1. The molecule has 0 aliphatic carbocycles. The van der Waals surface area contributed by atoms with Crippen molar-refractivity contribution < 1.29 is 13.2 Å². The fraction of sp³-hybridized carbons (Fsp3) is 0.389. The van der Waals surface area contributed by atoms with Gasteiger partial charge in [0.1, 0.15) is 0 Å². The standard InChI is InChI=1S/C18H22ClN3O3S2/c1-14(17-3-2-12-26-17)20-13-18(23)21-8-10-22(11-9-21)27(24,25)16-6-4-15(19)5-7-16/h2-7,12,14,20H,8-11,13H2,1H3. The van der Waals surface area contributed by atoms with Gasteiger partial charge in [-0.25, -0.2) is 8.42 Å². The first-order valence-corrected chi connectivity index (χ1v) is 11.4. The predicted octanol–water partition coefficient (Wildman–Crippen LogP) is 2.59. The highest BCUT2D eigenvalue weighted by Crippen LogP contribution is 2.20. The number of hydrogen-bond acceptors (Lipinski definition) is 5. The van der Waals surface area contributed by atoms with Crippen molar-refractivity contribution in [2.45, 2.75) is 17.9 Å². The van der Waals surface area contributed by atoms with E-state index in [1.807, 2.05) is 24.4 Å². The van der Waals surface area contributed by atoms with E-state index in [0.717, 1.165) is 0 Å². The Morgan fingerprint density at radius 2 is 1.85 bits per heavy atom. The summed E-state index contributed by atoms with van der Waals surface area (Å²) in [5.41, 5.74) is 0. The van der Waals surface area contributed by atoms with Gasteiger partial charge in [0.15, 0.2) is 0 Å². The van der Waals surface area contributed by atoms with Crippen LogP contribution in [0.5, 0.6) is 0 Å². The van der Waals surface area contributed by atoms with Gasteiger partial charge in [-0.1, -0.05) is 17.7 Å². The summed E-state index contributed by atoms with van der Waals surface area (Å²) < 4.78 is 26.8. The van der Waals surface area contributed by atoms with Crippen LogP contribution in [-0.2, 0) is 14.8 Å². The average molecular weight is 428 g/mol. The van der Waals surface area contributed by atoms with Gasteiger partial charge in [0, 0.05) is 42.1 Å². The van der Waals surface area contributed by atoms with Gasteiger partial charge in [-0.15, -0.1) is 11.3 Å². The molecule has 146 valence electrons. The van der Waals surface area contributed by atoms with E-state index in [-0.39, 0.29) is 36.5 Å². The lowest BCUT2D eigenvalue weighted by molar-refractivity contribution is -0.131. The van der Waals surface area contributed by atoms with Gasteiger partial charge in [0.25, 0.3) is 0 Å². The van der Waals surface area contributed by atoms with Crippen LogP contribution in [0.3, 0.4) is 0 Å². The second-order valence-corrected chi connectivity index (χ2v) is 9.71. The minimum atomic E-state index is -3.56. The first-order valence-electron chi connectivity index (χ1n) is 8.68. The maximum absolute atomic E-state index is 12.7. The van der Waals surface area contributed by atoms with Crippen molar-refractivity contribution in [3.05, 3.63) is 51.7 Å². The molecule has 1 amide bonds. The summed E-state index contributed by atoms with van der Waals surface area (Å²) in [5, 5.41) is 5.73. The quantitative estimate of drug-likeness (QED) is 0.769. The fourth-order valence-corrected chi connectivity index (χ4v) is 5.23. The number of nitrogens with zero attached hydrogens (tertiary/aromatic N) is 2. The lowest BCUT2D eigenvalue weighted by Crippen LogP contribution is -2.52. The number of carbonyl (C=O) groups is 1. The van der Waals surface area contributed by atoms with E-state index in [2.05, 4.69) is 5.32 Å². The molecule has 1 saturated heterocycles. The second kappa shape index (κ2) is 8.70. The predicted molar refractivity (Wildman–Crippen MR) is 108 cm³/mol. The zero-order chi connectivity index (χ0) is 19.4. The van der Waals surface area contributed by atoms with Crippen LogP contribution in [-0.4, -0.2) is 56.3 Å². The Bertz CT molecular complexity index is 862. The normalized spacial score (nSPS) is 17.0. The molecule has 0 bridgehead atoms. The first kappa shape index (κ1) is 20.3. The molecule has 0 spiro atoms. The van der Waals surface area contributed by atoms with Gasteiger partial charge in [0.05, 0.1) is 11.4 Å². The molecule has 2 heterocycles. The molecule has 3 rings (SSSR count). The van der Waals surface area contributed by atoms with Crippen molar-refractivity contribution >= 4 is 38.9 Å². The molecule has 0 saturated carbocycles. The summed E-state index contributed by atoms with van der Waals surface area (Å²) in [6, 6.07) is 10.3. The molecule has 1 aromatic carbocycles. The third kappa shape index (κ3) is 4.89. The van der Waals surface area contributed by atoms with Gasteiger partial charge in [-0.2, -0.15) is 4.31 Å². The topological polar surface area (TPSA) is 69.7 Å². The van der Waals surface area contributed by atoms with Gasteiger partial charge in [-0.3, -0.25) is 4.79 Å². The molecule has 0 radical (unpaired) electrons. The van der Waals surface area contributed by atoms with Crippen molar-refractivity contribution in [3.8, 4) is 0 Å². The summed E-state index contributed by atoms with van der Waals surface area (Å²) in [7, 11) is -3.56. The molecular weight excluding hydrogens is 406 g/mol. The Morgan fingerprint density at radius 1 is 1.19 bits per heavy atom. The highest BCUT2D eigenvalue weighted by atomic mass is 35.5. The molecule has 1 unspecified atom stereocenters. The Morgan fingerprint density at radius 3 is 2.44 bits per heavy atom. The van der Waals surface area contributed by atoms with Gasteiger partial charge in [0.2, 0.25) is 15.9 Å². The molecule has 1 aliphatic heterocycles. The molecule has 27 heavy (non-hydrogen) atoms. The van der Waals surface area contributed by atoms with Crippen molar-refractivity contribution in [1.82, 2.24) is 14.5 Å². The van der Waals surface area contributed by atoms with Crippen LogP contribution < -0.4 is 5.32 Å². The highest BCUT2D eigenvalue weighted by molar-refractivity contribution is 7.89. The summed E-state index contributed by atoms with van der Waals surface area (Å²) in [4.78, 5) is 15.5. The third-order valence-corrected chi connectivity index (χ3v) is 7.79. The zero-order valence-corrected chi connectivity index (χ0v) is 17.4. The van der Waals surface area contributed by atoms with E-state index in [1.165, 1.54) is 21.3 Å². The number of piperazine rings is 1. The van der Waals surface area contributed by atoms with Crippen LogP contribution in [0.25, 0.3) is 0 Å². The smallest absolute Gasteiger partial charge is 0.243 e. The van der Waals surface area contributed by atoms with Crippen molar-refractivity contribution in [1.29, 1.82) is 0 Å². The SMILES string of the molecule is CC(NCC(=O)N1CCN(S(=O)(=O)c2ccc(Cl)cc2)CC1)c1cccs1. The number of carbonyl (C=O) groups excluding carboxylic acids is 1. The summed E-state index contributed by atoms with van der Waals surface area (Å²) >= 11 is 7.48. The molecule has 9 heteroatoms. The van der Waals surface area contributed by atoms with Crippen LogP contribution in [0, 0.1) is 0 Å². The summed E-state index contributed by atoms with van der Waals surface area (Å²) in [6.45, 7) is 3.62. The number of sulfonamides is 1. The molecular formula is C18H22ClN3O3S2. The maximum Gasteiger partial charge on any atom is 0.243 e. The lowest BCUT2D eigenvalue weighted by atomic mass is 10.2. The fourth-order valence-electron chi connectivity index (χ4n) is 2.92. The van der Waals surface area contributed by atoms with Gasteiger partial charge < -0.3 is 10.2 Å². The van der Waals surface area contributed by atoms with E-state index in [9.17, 15) is 13.2 Å². The number of amides is 1. The Kier molecular flexibility index (Phi) is 6.54. The zero-order valence-electron chi connectivity index (χ0n) is 15.0. The largest absolute Gasteiger partial charge is 0.339 e. The molecule has 2 aromatic rings. The van der Waals surface area contributed by atoms with Crippen LogP contribution in [0.1, 0.15) is 17.8 Å². The van der Waals surface area contributed by atoms with Gasteiger partial charge in [-0.05, 0) is 42.6 Å². The molecule has 1 N–H and O–H groups in total. The Balaban J connectivity index is 1.52. The first-order chi connectivity index (χ1) is 12.9. The number of rotatable bonds is 6. The van der Waals surface area contributed by atoms with Crippen LogP contribution in [0.2, 0.25) is 5.02 Å².